The largest absolute Gasteiger partial charge is 0.346 e. The molecule has 0 aromatic rings. The average Bonchev–Trinajstić information content (AvgIpc) is 2.72. The van der Waals surface area contributed by atoms with E-state index in [4.69, 9.17) is 6.42 Å². The lowest BCUT2D eigenvalue weighted by Gasteiger charge is -1.96. The fourth-order valence-corrected chi connectivity index (χ4v) is 0.668. The minimum atomic E-state index is 0.724. The number of nitrogens with one attached hydrogen (secondary N) is 1. The fourth-order valence-electron chi connectivity index (χ4n) is 0.668. The van der Waals surface area contributed by atoms with Crippen LogP contribution < -0.4 is 5.32 Å². The Kier molecular flexibility index (Phi) is 138. The topological polar surface area (TPSA) is 24.4 Å². The minimum absolute atomic E-state index is 0.724. The van der Waals surface area contributed by atoms with E-state index in [1.807, 2.05) is 48.5 Å². The van der Waals surface area contributed by atoms with Crippen molar-refractivity contribution in [3.63, 3.8) is 0 Å². The third kappa shape index (κ3) is 134. The van der Waals surface area contributed by atoms with Gasteiger partial charge in [-0.2, -0.15) is 0 Å². The molecule has 2 nitrogen and oxygen atoms in total. The summed E-state index contributed by atoms with van der Waals surface area (Å²) in [6.45, 7) is 36.8. The van der Waals surface area contributed by atoms with Gasteiger partial charge in [0.15, 0.2) is 0 Å². The second-order valence-corrected chi connectivity index (χ2v) is 3.70. The van der Waals surface area contributed by atoms with Crippen LogP contribution in [0.2, 0.25) is 0 Å². The zero-order valence-corrected chi connectivity index (χ0v) is 19.3. The normalized spacial score (nSPS) is 7.04. The first-order valence-corrected chi connectivity index (χ1v) is 9.40. The van der Waals surface area contributed by atoms with Gasteiger partial charge in [-0.05, 0) is 32.4 Å². The summed E-state index contributed by atoms with van der Waals surface area (Å²) in [4.78, 5) is 3.77. The molecule has 0 saturated carbocycles. The van der Waals surface area contributed by atoms with Crippen LogP contribution in [0.15, 0.2) is 43.1 Å². The first-order valence-electron chi connectivity index (χ1n) is 9.40. The molecule has 0 aromatic heterocycles. The summed E-state index contributed by atoms with van der Waals surface area (Å²) in [5, 5.41) is 2.73. The van der Waals surface area contributed by atoms with Crippen LogP contribution in [0.25, 0.3) is 0 Å². The molecular weight excluding hydrogens is 304 g/mol. The summed E-state index contributed by atoms with van der Waals surface area (Å²) in [6.07, 6.45) is 9.17. The second kappa shape index (κ2) is 79.4. The fraction of sp³-hybridized carbons (Fsp3) is 0.609. The van der Waals surface area contributed by atoms with Crippen LogP contribution in [-0.4, -0.2) is 13.3 Å². The van der Waals surface area contributed by atoms with E-state index in [2.05, 4.69) is 76.2 Å². The highest BCUT2D eigenvalue weighted by molar-refractivity contribution is 5.28. The maximum Gasteiger partial charge on any atom is 0.0325 e. The van der Waals surface area contributed by atoms with E-state index < -0.39 is 0 Å². The van der Waals surface area contributed by atoms with E-state index in [9.17, 15) is 0 Å². The molecule has 0 heterocycles. The zero-order chi connectivity index (χ0) is 22.1. The summed E-state index contributed by atoms with van der Waals surface area (Å²) in [5.74, 6) is 0.724. The lowest BCUT2D eigenvalue weighted by Crippen LogP contribution is -2.04. The van der Waals surface area contributed by atoms with E-state index >= 15 is 0 Å². The Morgan fingerprint density at radius 2 is 1.40 bits per heavy atom. The molecule has 25 heavy (non-hydrogen) atoms. The van der Waals surface area contributed by atoms with Crippen LogP contribution in [0.5, 0.6) is 0 Å². The lowest BCUT2D eigenvalue weighted by molar-refractivity contribution is 0.661. The summed E-state index contributed by atoms with van der Waals surface area (Å²) in [5.41, 5.74) is 1.03. The molecule has 0 rings (SSSR count). The van der Waals surface area contributed by atoms with E-state index in [0.717, 1.165) is 31.0 Å². The van der Waals surface area contributed by atoms with Gasteiger partial charge in [0.1, 0.15) is 0 Å². The lowest BCUT2D eigenvalue weighted by atomic mass is 10.1. The Hall–Kier alpha value is -1.75. The highest BCUT2D eigenvalue weighted by atomic mass is 14.8. The van der Waals surface area contributed by atoms with Gasteiger partial charge in [-0.15, -0.1) is 26.3 Å². The molecular formula is C23H50N2. The molecule has 2 heteroatoms. The average molecular weight is 355 g/mol. The van der Waals surface area contributed by atoms with Crippen LogP contribution in [0.4, 0.5) is 0 Å². The van der Waals surface area contributed by atoms with Gasteiger partial charge in [0, 0.05) is 18.3 Å². The van der Waals surface area contributed by atoms with E-state index in [1.54, 1.807) is 0 Å². The third-order valence-electron chi connectivity index (χ3n) is 1.61. The number of hydrogen-bond acceptors (Lipinski definition) is 2. The van der Waals surface area contributed by atoms with Gasteiger partial charge in [0.05, 0.1) is 0 Å². The molecule has 0 aliphatic heterocycles. The van der Waals surface area contributed by atoms with Crippen molar-refractivity contribution in [1.29, 1.82) is 0 Å². The Labute approximate surface area is 162 Å². The van der Waals surface area contributed by atoms with Crippen LogP contribution in [0.3, 0.4) is 0 Å². The third-order valence-corrected chi connectivity index (χ3v) is 1.61. The monoisotopic (exact) mass is 354 g/mol. The Bertz CT molecular complexity index is 233. The van der Waals surface area contributed by atoms with Crippen molar-refractivity contribution in [2.24, 2.45) is 10.9 Å². The summed E-state index contributed by atoms with van der Waals surface area (Å²) >= 11 is 0. The Morgan fingerprint density at radius 3 is 1.56 bits per heavy atom. The predicted octanol–water partition coefficient (Wildman–Crippen LogP) is 7.90. The number of aliphatic imine (C=N–C) groups is 1. The van der Waals surface area contributed by atoms with Gasteiger partial charge in [0.25, 0.3) is 0 Å². The van der Waals surface area contributed by atoms with Crippen LogP contribution >= 0.6 is 0 Å². The van der Waals surface area contributed by atoms with E-state index in [-0.39, 0.29) is 0 Å². The number of allylic oxidation sites excluding steroid dienone is 2. The molecule has 0 saturated heterocycles. The Balaban J connectivity index is -0.0000000353. The van der Waals surface area contributed by atoms with Gasteiger partial charge in [-0.25, -0.2) is 0 Å². The van der Waals surface area contributed by atoms with Crippen molar-refractivity contribution in [3.8, 4) is 12.5 Å². The zero-order valence-electron chi connectivity index (χ0n) is 19.3. The van der Waals surface area contributed by atoms with Gasteiger partial charge in [-0.3, -0.25) is 4.99 Å². The minimum Gasteiger partial charge on any atom is -0.346 e. The summed E-state index contributed by atoms with van der Waals surface area (Å²) in [6, 6.07) is 2.32. The van der Waals surface area contributed by atoms with Crippen LogP contribution in [-0.2, 0) is 0 Å². The SMILES string of the molecule is C#CNCCC.C=C.C=C.C=NC(C)=CCC(C)C.CC.CC.CC. The number of rotatable bonds is 5. The quantitative estimate of drug-likeness (QED) is 0.175. The molecule has 1 N–H and O–H groups in total. The van der Waals surface area contributed by atoms with Crippen molar-refractivity contribution in [1.82, 2.24) is 5.32 Å². The molecule has 152 valence electrons. The van der Waals surface area contributed by atoms with Gasteiger partial charge in [0.2, 0.25) is 0 Å². The molecule has 0 unspecified atom stereocenters. The molecule has 0 amide bonds. The molecule has 0 spiro atoms. The molecule has 0 aliphatic rings. The smallest absolute Gasteiger partial charge is 0.0325 e. The second-order valence-electron chi connectivity index (χ2n) is 3.70. The van der Waals surface area contributed by atoms with Crippen molar-refractivity contribution < 1.29 is 0 Å². The maximum absolute atomic E-state index is 4.85. The van der Waals surface area contributed by atoms with Crippen molar-refractivity contribution >= 4 is 6.72 Å². The van der Waals surface area contributed by atoms with Gasteiger partial charge >= 0.3 is 0 Å². The van der Waals surface area contributed by atoms with E-state index in [1.165, 1.54) is 0 Å². The van der Waals surface area contributed by atoms with Crippen LogP contribution in [0, 0.1) is 18.4 Å². The highest BCUT2D eigenvalue weighted by Crippen LogP contribution is 2.03. The summed E-state index contributed by atoms with van der Waals surface area (Å²) < 4.78 is 0. The predicted molar refractivity (Wildman–Crippen MR) is 126 cm³/mol. The maximum atomic E-state index is 4.85. The number of hydrogen-bond donors (Lipinski definition) is 1. The molecule has 0 radical (unpaired) electrons. The number of nitrogens with zero attached hydrogens (tertiary/aromatic N) is 1. The molecule has 0 aromatic carbocycles. The Morgan fingerprint density at radius 1 is 1.04 bits per heavy atom. The first kappa shape index (κ1) is 43.6. The highest BCUT2D eigenvalue weighted by Gasteiger charge is 1.88. The molecule has 0 aliphatic carbocycles. The molecule has 0 atom stereocenters. The van der Waals surface area contributed by atoms with Gasteiger partial charge < -0.3 is 5.32 Å². The molecule has 0 fully saturated rings. The van der Waals surface area contributed by atoms with Crippen molar-refractivity contribution in [2.45, 2.75) is 82.1 Å². The summed E-state index contributed by atoms with van der Waals surface area (Å²) in [7, 11) is 0. The van der Waals surface area contributed by atoms with Crippen molar-refractivity contribution in [3.05, 3.63) is 38.1 Å². The van der Waals surface area contributed by atoms with E-state index in [0.29, 0.717) is 0 Å². The first-order chi connectivity index (χ1) is 12.1. The van der Waals surface area contributed by atoms with Gasteiger partial charge in [-0.1, -0.05) is 74.8 Å². The number of terminal acetylenes is 1. The van der Waals surface area contributed by atoms with Crippen molar-refractivity contribution in [2.75, 3.05) is 6.54 Å². The molecule has 0 bridgehead atoms. The standard InChI is InChI=1S/C8H15N.C5H9N.3C2H6.2C2H4/c1-7(2)5-6-8(3)9-4;1-3-5-6-4-2;5*1-2/h6-7H,4-5H2,1-3H3;2,6H,3,5H2,1H3;3*1-2H3;2*1-2H2. The van der Waals surface area contributed by atoms with Crippen LogP contribution in [0.1, 0.15) is 82.1 Å².